The first-order valence-corrected chi connectivity index (χ1v) is 15.2. The van der Waals surface area contributed by atoms with Gasteiger partial charge in [0.2, 0.25) is 0 Å². The highest BCUT2D eigenvalue weighted by Crippen LogP contribution is 2.17. The van der Waals surface area contributed by atoms with Crippen molar-refractivity contribution in [1.82, 2.24) is 0 Å². The van der Waals surface area contributed by atoms with Crippen LogP contribution >= 0.6 is 0 Å². The van der Waals surface area contributed by atoms with Crippen molar-refractivity contribution < 1.29 is 47.6 Å². The Kier molecular flexibility index (Phi) is 27.7. The lowest BCUT2D eigenvalue weighted by molar-refractivity contribution is -0.384. The van der Waals surface area contributed by atoms with Gasteiger partial charge in [-0.15, -0.1) is 0 Å². The van der Waals surface area contributed by atoms with Crippen molar-refractivity contribution in [3.05, 3.63) is 34.4 Å². The van der Waals surface area contributed by atoms with Gasteiger partial charge in [-0.2, -0.15) is 0 Å². The predicted octanol–water partition coefficient (Wildman–Crippen LogP) is 4.47. The molecule has 0 amide bonds. The summed E-state index contributed by atoms with van der Waals surface area (Å²) in [6, 6.07) is 5.93. The Morgan fingerprint density at radius 2 is 0.810 bits per heavy atom. The second-order valence-corrected chi connectivity index (χ2v) is 9.27. The van der Waals surface area contributed by atoms with Gasteiger partial charge in [-0.1, -0.05) is 39.0 Å². The summed E-state index contributed by atoms with van der Waals surface area (Å²) in [4.78, 5) is 10.2. The highest BCUT2D eigenvalue weighted by molar-refractivity contribution is 5.35. The number of ether oxygens (including phenoxy) is 9. The molecular formula is C30H53NO11. The maximum Gasteiger partial charge on any atom is 0.269 e. The van der Waals surface area contributed by atoms with E-state index in [0.29, 0.717) is 111 Å². The van der Waals surface area contributed by atoms with Crippen LogP contribution in [0.1, 0.15) is 45.4 Å². The first-order valence-electron chi connectivity index (χ1n) is 15.2. The second kappa shape index (κ2) is 30.6. The van der Waals surface area contributed by atoms with E-state index >= 15 is 0 Å². The first-order chi connectivity index (χ1) is 20.7. The Hall–Kier alpha value is -1.90. The molecule has 0 spiro atoms. The number of nitro benzene ring substituents is 1. The molecule has 0 N–H and O–H groups in total. The zero-order valence-electron chi connectivity index (χ0n) is 25.5. The molecule has 1 aromatic rings. The van der Waals surface area contributed by atoms with Gasteiger partial charge in [-0.05, 0) is 18.6 Å². The molecule has 0 saturated carbocycles. The molecule has 244 valence electrons. The molecule has 0 fully saturated rings. The minimum Gasteiger partial charge on any atom is -0.491 e. The molecule has 12 nitrogen and oxygen atoms in total. The van der Waals surface area contributed by atoms with Crippen LogP contribution in [0.4, 0.5) is 5.69 Å². The minimum absolute atomic E-state index is 0.0305. The molecule has 0 aliphatic rings. The van der Waals surface area contributed by atoms with E-state index in [9.17, 15) is 10.1 Å². The Bertz CT molecular complexity index is 709. The van der Waals surface area contributed by atoms with Crippen LogP contribution in [-0.4, -0.2) is 117 Å². The number of non-ortho nitro benzene ring substituents is 1. The van der Waals surface area contributed by atoms with E-state index in [2.05, 4.69) is 6.92 Å². The van der Waals surface area contributed by atoms with Crippen molar-refractivity contribution in [3.8, 4) is 5.75 Å². The molecule has 0 aliphatic carbocycles. The Labute approximate surface area is 251 Å². The molecule has 0 radical (unpaired) electrons. The van der Waals surface area contributed by atoms with E-state index in [1.54, 1.807) is 12.1 Å². The third kappa shape index (κ3) is 25.8. The molecular weight excluding hydrogens is 550 g/mol. The van der Waals surface area contributed by atoms with Crippen molar-refractivity contribution in [2.24, 2.45) is 0 Å². The molecule has 0 unspecified atom stereocenters. The fourth-order valence-electron chi connectivity index (χ4n) is 3.51. The van der Waals surface area contributed by atoms with Gasteiger partial charge < -0.3 is 42.6 Å². The number of benzene rings is 1. The normalized spacial score (nSPS) is 11.3. The van der Waals surface area contributed by atoms with Gasteiger partial charge in [0.25, 0.3) is 5.69 Å². The highest BCUT2D eigenvalue weighted by atomic mass is 16.6. The molecule has 0 bridgehead atoms. The number of nitrogens with zero attached hydrogens (tertiary/aromatic N) is 1. The third-order valence-electron chi connectivity index (χ3n) is 5.79. The molecule has 0 aliphatic heterocycles. The monoisotopic (exact) mass is 603 g/mol. The molecule has 1 aromatic carbocycles. The standard InChI is InChI=1S/C30H53NO11/c1-2-3-4-5-6-7-12-34-13-14-35-15-16-36-17-18-37-19-20-38-21-22-39-23-24-40-25-26-41-27-28-42-30-10-8-29(9-11-30)31(32)33/h8-11H,2-7,12-28H2,1H3. The van der Waals surface area contributed by atoms with Gasteiger partial charge >= 0.3 is 0 Å². The van der Waals surface area contributed by atoms with Crippen LogP contribution in [0.2, 0.25) is 0 Å². The molecule has 0 atom stereocenters. The van der Waals surface area contributed by atoms with E-state index in [-0.39, 0.29) is 5.69 Å². The zero-order valence-corrected chi connectivity index (χ0v) is 25.5. The molecule has 42 heavy (non-hydrogen) atoms. The fourth-order valence-corrected chi connectivity index (χ4v) is 3.51. The number of hydrogen-bond donors (Lipinski definition) is 0. The van der Waals surface area contributed by atoms with Gasteiger partial charge in [0.15, 0.2) is 0 Å². The van der Waals surface area contributed by atoms with E-state index in [4.69, 9.17) is 42.6 Å². The smallest absolute Gasteiger partial charge is 0.269 e. The fraction of sp³-hybridized carbons (Fsp3) is 0.800. The lowest BCUT2D eigenvalue weighted by Gasteiger charge is -2.09. The third-order valence-corrected chi connectivity index (χ3v) is 5.79. The van der Waals surface area contributed by atoms with Crippen LogP contribution in [0.3, 0.4) is 0 Å². The van der Waals surface area contributed by atoms with Crippen LogP contribution in [0.5, 0.6) is 5.75 Å². The van der Waals surface area contributed by atoms with E-state index in [1.165, 1.54) is 44.2 Å². The molecule has 0 saturated heterocycles. The van der Waals surface area contributed by atoms with Crippen molar-refractivity contribution >= 4 is 5.69 Å². The molecule has 0 aromatic heterocycles. The lowest BCUT2D eigenvalue weighted by Crippen LogP contribution is -2.15. The average molecular weight is 604 g/mol. The van der Waals surface area contributed by atoms with Gasteiger partial charge in [-0.25, -0.2) is 0 Å². The Morgan fingerprint density at radius 3 is 1.19 bits per heavy atom. The predicted molar refractivity (Wildman–Crippen MR) is 159 cm³/mol. The minimum atomic E-state index is -0.448. The number of unbranched alkanes of at least 4 members (excludes halogenated alkanes) is 5. The van der Waals surface area contributed by atoms with Crippen LogP contribution < -0.4 is 4.74 Å². The van der Waals surface area contributed by atoms with E-state index in [0.717, 1.165) is 13.0 Å². The maximum absolute atomic E-state index is 10.6. The van der Waals surface area contributed by atoms with Gasteiger partial charge in [0.1, 0.15) is 12.4 Å². The topological polar surface area (TPSA) is 126 Å². The summed E-state index contributed by atoms with van der Waals surface area (Å²) >= 11 is 0. The van der Waals surface area contributed by atoms with Gasteiger partial charge in [0.05, 0.1) is 104 Å². The SMILES string of the molecule is CCCCCCCCOCCOCCOCCOCCOCCOCCOCCOCCOc1ccc([N+](=O)[O-])cc1. The van der Waals surface area contributed by atoms with Crippen LogP contribution in [0.25, 0.3) is 0 Å². The average Bonchev–Trinajstić information content (AvgIpc) is 3.00. The number of nitro groups is 1. The number of hydrogen-bond acceptors (Lipinski definition) is 11. The Morgan fingerprint density at radius 1 is 0.476 bits per heavy atom. The summed E-state index contributed by atoms with van der Waals surface area (Å²) in [5.41, 5.74) is 0.0305. The van der Waals surface area contributed by atoms with Gasteiger partial charge in [0, 0.05) is 18.7 Å². The summed E-state index contributed by atoms with van der Waals surface area (Å²) < 4.78 is 49.3. The highest BCUT2D eigenvalue weighted by Gasteiger charge is 2.04. The largest absolute Gasteiger partial charge is 0.491 e. The lowest BCUT2D eigenvalue weighted by atomic mass is 10.1. The van der Waals surface area contributed by atoms with Crippen molar-refractivity contribution in [1.29, 1.82) is 0 Å². The summed E-state index contributed by atoms with van der Waals surface area (Å²) in [7, 11) is 0. The maximum atomic E-state index is 10.6. The van der Waals surface area contributed by atoms with Crippen molar-refractivity contribution in [2.75, 3.05) is 112 Å². The summed E-state index contributed by atoms with van der Waals surface area (Å²) in [5, 5.41) is 10.6. The zero-order chi connectivity index (χ0) is 30.2. The Balaban J connectivity index is 1.66. The van der Waals surface area contributed by atoms with E-state index in [1.807, 2.05) is 0 Å². The molecule has 0 heterocycles. The van der Waals surface area contributed by atoms with Crippen LogP contribution in [0, 0.1) is 10.1 Å². The van der Waals surface area contributed by atoms with Crippen LogP contribution in [0.15, 0.2) is 24.3 Å². The second-order valence-electron chi connectivity index (χ2n) is 9.27. The molecule has 1 rings (SSSR count). The van der Waals surface area contributed by atoms with Crippen molar-refractivity contribution in [3.63, 3.8) is 0 Å². The summed E-state index contributed by atoms with van der Waals surface area (Å²) in [6.45, 7) is 11.1. The number of rotatable bonds is 33. The molecule has 12 heteroatoms. The van der Waals surface area contributed by atoms with Crippen molar-refractivity contribution in [2.45, 2.75) is 45.4 Å². The first kappa shape index (κ1) is 38.1. The summed E-state index contributed by atoms with van der Waals surface area (Å²) in [5.74, 6) is 0.562. The quantitative estimate of drug-likeness (QED) is 0.0642. The van der Waals surface area contributed by atoms with Crippen LogP contribution in [-0.2, 0) is 37.9 Å². The van der Waals surface area contributed by atoms with Gasteiger partial charge in [-0.3, -0.25) is 10.1 Å². The van der Waals surface area contributed by atoms with E-state index < -0.39 is 4.92 Å². The summed E-state index contributed by atoms with van der Waals surface area (Å²) in [6.07, 6.45) is 7.65.